The zero-order chi connectivity index (χ0) is 20.5. The van der Waals surface area contributed by atoms with E-state index in [0.29, 0.717) is 22.2 Å². The van der Waals surface area contributed by atoms with Crippen LogP contribution in [0.2, 0.25) is 0 Å². The highest BCUT2D eigenvalue weighted by molar-refractivity contribution is 5.91. The van der Waals surface area contributed by atoms with Crippen LogP contribution in [0, 0.1) is 34.2 Å². The van der Waals surface area contributed by atoms with Crippen LogP contribution in [0.5, 0.6) is 0 Å². The van der Waals surface area contributed by atoms with Gasteiger partial charge >= 0.3 is 0 Å². The van der Waals surface area contributed by atoms with E-state index in [1.165, 1.54) is 44.2 Å². The largest absolute Gasteiger partial charge is 0.354 e. The molecule has 0 saturated carbocycles. The summed E-state index contributed by atoms with van der Waals surface area (Å²) in [4.78, 5) is 15.0. The van der Waals surface area contributed by atoms with E-state index in [4.69, 9.17) is 5.26 Å². The molecule has 0 aliphatic heterocycles. The lowest BCUT2D eigenvalue weighted by Gasteiger charge is -2.15. The molecular formula is C21H18F3N3O. The Kier molecular flexibility index (Phi) is 5.14. The molecular weight excluding hydrogens is 367 g/mol. The number of carbonyl (C=O) groups excluding carboxylic acids is 1. The fourth-order valence-corrected chi connectivity index (χ4v) is 2.97. The summed E-state index contributed by atoms with van der Waals surface area (Å²) < 4.78 is 41.3. The third-order valence-corrected chi connectivity index (χ3v) is 4.57. The first-order valence-corrected chi connectivity index (χ1v) is 8.68. The molecule has 144 valence electrons. The average molecular weight is 385 g/mol. The standard InChI is InChI=1S/C21H18F3N3O/c1-21(2,11-25)20(28)26-8-7-15-16-9-14(23)10-17(24)19(16)27-18(15)12-3-5-13(22)6-4-12/h3-6,9-10,27H,7-8H2,1-2H3,(H,26,28). The van der Waals surface area contributed by atoms with Crippen LogP contribution in [-0.2, 0) is 11.2 Å². The zero-order valence-corrected chi connectivity index (χ0v) is 15.4. The predicted molar refractivity (Wildman–Crippen MR) is 99.7 cm³/mol. The molecule has 0 saturated heterocycles. The number of amides is 1. The molecule has 0 aliphatic carbocycles. The summed E-state index contributed by atoms with van der Waals surface area (Å²) in [7, 11) is 0. The number of halogens is 3. The van der Waals surface area contributed by atoms with E-state index in [-0.39, 0.29) is 18.5 Å². The van der Waals surface area contributed by atoms with E-state index in [9.17, 15) is 18.0 Å². The second-order valence-corrected chi connectivity index (χ2v) is 7.04. The lowest BCUT2D eigenvalue weighted by Crippen LogP contribution is -2.37. The van der Waals surface area contributed by atoms with Crippen molar-refractivity contribution in [2.24, 2.45) is 5.41 Å². The van der Waals surface area contributed by atoms with Crippen molar-refractivity contribution in [1.29, 1.82) is 5.26 Å². The Balaban J connectivity index is 1.99. The Labute approximate surface area is 160 Å². The second-order valence-electron chi connectivity index (χ2n) is 7.04. The summed E-state index contributed by atoms with van der Waals surface area (Å²) in [6.07, 6.45) is 0.267. The van der Waals surface area contributed by atoms with Gasteiger partial charge in [0, 0.05) is 23.7 Å². The summed E-state index contributed by atoms with van der Waals surface area (Å²) in [6, 6.07) is 9.55. The Hall–Kier alpha value is -3.27. The molecule has 0 radical (unpaired) electrons. The molecule has 1 amide bonds. The van der Waals surface area contributed by atoms with E-state index in [2.05, 4.69) is 10.3 Å². The lowest BCUT2D eigenvalue weighted by atomic mass is 9.94. The maximum Gasteiger partial charge on any atom is 0.239 e. The Morgan fingerprint density at radius 1 is 1.14 bits per heavy atom. The Bertz CT molecular complexity index is 1080. The number of rotatable bonds is 5. The first-order chi connectivity index (χ1) is 13.2. The van der Waals surface area contributed by atoms with Gasteiger partial charge in [0.15, 0.2) is 0 Å². The van der Waals surface area contributed by atoms with Crippen LogP contribution >= 0.6 is 0 Å². The number of H-pyrrole nitrogens is 1. The molecule has 1 aromatic heterocycles. The maximum atomic E-state index is 14.2. The first kappa shape index (κ1) is 19.5. The minimum absolute atomic E-state index is 0.138. The highest BCUT2D eigenvalue weighted by Crippen LogP contribution is 2.32. The van der Waals surface area contributed by atoms with Gasteiger partial charge in [0.2, 0.25) is 5.91 Å². The summed E-state index contributed by atoms with van der Waals surface area (Å²) >= 11 is 0. The molecule has 3 rings (SSSR count). The van der Waals surface area contributed by atoms with Crippen molar-refractivity contribution in [3.05, 3.63) is 59.4 Å². The monoisotopic (exact) mass is 385 g/mol. The fraction of sp³-hybridized carbons (Fsp3) is 0.238. The summed E-state index contributed by atoms with van der Waals surface area (Å²) in [5, 5.41) is 12.1. The number of nitrogens with one attached hydrogen (secondary N) is 2. The van der Waals surface area contributed by atoms with Crippen LogP contribution in [-0.4, -0.2) is 17.4 Å². The van der Waals surface area contributed by atoms with Gasteiger partial charge in [-0.05, 0) is 61.7 Å². The summed E-state index contributed by atoms with van der Waals surface area (Å²) in [5.74, 6) is -2.30. The highest BCUT2D eigenvalue weighted by Gasteiger charge is 2.27. The number of aromatic amines is 1. The van der Waals surface area contributed by atoms with Gasteiger partial charge in [-0.25, -0.2) is 13.2 Å². The lowest BCUT2D eigenvalue weighted by molar-refractivity contribution is -0.126. The number of nitriles is 1. The van der Waals surface area contributed by atoms with Crippen LogP contribution in [0.1, 0.15) is 19.4 Å². The number of benzene rings is 2. The summed E-state index contributed by atoms with van der Waals surface area (Å²) in [5.41, 5.74) is 0.678. The van der Waals surface area contributed by atoms with Crippen molar-refractivity contribution >= 4 is 16.8 Å². The van der Waals surface area contributed by atoms with Gasteiger partial charge in [-0.3, -0.25) is 4.79 Å². The van der Waals surface area contributed by atoms with Gasteiger partial charge in [-0.1, -0.05) is 0 Å². The molecule has 2 N–H and O–H groups in total. The molecule has 0 spiro atoms. The second kappa shape index (κ2) is 7.39. The van der Waals surface area contributed by atoms with Crippen LogP contribution in [0.3, 0.4) is 0 Å². The number of aromatic nitrogens is 1. The van der Waals surface area contributed by atoms with Crippen LogP contribution in [0.25, 0.3) is 22.2 Å². The quantitative estimate of drug-likeness (QED) is 0.681. The van der Waals surface area contributed by atoms with Crippen LogP contribution in [0.15, 0.2) is 36.4 Å². The number of hydrogen-bond acceptors (Lipinski definition) is 2. The minimum atomic E-state index is -1.18. The van der Waals surface area contributed by atoms with Gasteiger partial charge in [0.05, 0.1) is 11.6 Å². The third kappa shape index (κ3) is 3.72. The highest BCUT2D eigenvalue weighted by atomic mass is 19.1. The van der Waals surface area contributed by atoms with Crippen LogP contribution < -0.4 is 5.32 Å². The van der Waals surface area contributed by atoms with Crippen molar-refractivity contribution in [3.63, 3.8) is 0 Å². The van der Waals surface area contributed by atoms with E-state index in [0.717, 1.165) is 6.07 Å². The molecule has 0 fully saturated rings. The summed E-state index contributed by atoms with van der Waals surface area (Å²) in [6.45, 7) is 3.18. The number of hydrogen-bond donors (Lipinski definition) is 2. The van der Waals surface area contributed by atoms with E-state index < -0.39 is 28.8 Å². The topological polar surface area (TPSA) is 68.7 Å². The third-order valence-electron chi connectivity index (χ3n) is 4.57. The molecule has 0 atom stereocenters. The van der Waals surface area contributed by atoms with Gasteiger partial charge in [0.1, 0.15) is 22.9 Å². The predicted octanol–water partition coefficient (Wildman–Crippen LogP) is 4.46. The Morgan fingerprint density at radius 2 is 1.82 bits per heavy atom. The van der Waals surface area contributed by atoms with E-state index >= 15 is 0 Å². The normalized spacial score (nSPS) is 11.4. The molecule has 0 bridgehead atoms. The molecule has 2 aromatic carbocycles. The fourth-order valence-electron chi connectivity index (χ4n) is 2.97. The van der Waals surface area contributed by atoms with Gasteiger partial charge < -0.3 is 10.3 Å². The number of nitrogens with zero attached hydrogens (tertiary/aromatic N) is 1. The molecule has 7 heteroatoms. The van der Waals surface area contributed by atoms with Crippen molar-refractivity contribution in [1.82, 2.24) is 10.3 Å². The molecule has 1 heterocycles. The van der Waals surface area contributed by atoms with Crippen molar-refractivity contribution in [2.45, 2.75) is 20.3 Å². The molecule has 28 heavy (non-hydrogen) atoms. The van der Waals surface area contributed by atoms with E-state index in [1.54, 1.807) is 0 Å². The van der Waals surface area contributed by atoms with Crippen molar-refractivity contribution < 1.29 is 18.0 Å². The van der Waals surface area contributed by atoms with Gasteiger partial charge in [0.25, 0.3) is 0 Å². The number of fused-ring (bicyclic) bond motifs is 1. The minimum Gasteiger partial charge on any atom is -0.354 e. The van der Waals surface area contributed by atoms with Gasteiger partial charge in [-0.2, -0.15) is 5.26 Å². The maximum absolute atomic E-state index is 14.2. The average Bonchev–Trinajstić information content (AvgIpc) is 3.01. The zero-order valence-electron chi connectivity index (χ0n) is 15.4. The van der Waals surface area contributed by atoms with Gasteiger partial charge in [-0.15, -0.1) is 0 Å². The molecule has 0 unspecified atom stereocenters. The number of carbonyl (C=O) groups is 1. The SMILES string of the molecule is CC(C)(C#N)C(=O)NCCc1c(-c2ccc(F)cc2)[nH]c2c(F)cc(F)cc12. The van der Waals surface area contributed by atoms with E-state index in [1.807, 2.05) is 6.07 Å². The van der Waals surface area contributed by atoms with Crippen molar-refractivity contribution in [2.75, 3.05) is 6.54 Å². The molecule has 3 aromatic rings. The van der Waals surface area contributed by atoms with Crippen LogP contribution in [0.4, 0.5) is 13.2 Å². The first-order valence-electron chi connectivity index (χ1n) is 8.68. The smallest absolute Gasteiger partial charge is 0.239 e. The molecule has 0 aliphatic rings. The molecule has 4 nitrogen and oxygen atoms in total. The Morgan fingerprint density at radius 3 is 2.46 bits per heavy atom. The van der Waals surface area contributed by atoms with Crippen molar-refractivity contribution in [3.8, 4) is 17.3 Å².